The lowest BCUT2D eigenvalue weighted by molar-refractivity contribution is -0.138. The molecule has 7 nitrogen and oxygen atoms in total. The molecule has 1 aromatic heterocycles. The molecule has 37 heavy (non-hydrogen) atoms. The van der Waals surface area contributed by atoms with Gasteiger partial charge in [-0.15, -0.1) is 0 Å². The number of ether oxygens (including phenoxy) is 1. The molecule has 4 aromatic rings. The molecule has 4 rings (SSSR count). The molecule has 0 aliphatic heterocycles. The zero-order valence-electron chi connectivity index (χ0n) is 20.3. The lowest BCUT2D eigenvalue weighted by Crippen LogP contribution is -2.32. The molecule has 1 atom stereocenters. The topological polar surface area (TPSA) is 106 Å². The lowest BCUT2D eigenvalue weighted by atomic mass is 10.0. The Hall–Kier alpha value is -3.36. The summed E-state index contributed by atoms with van der Waals surface area (Å²) in [4.78, 5) is 26.5. The van der Waals surface area contributed by atoms with Gasteiger partial charge in [-0.1, -0.05) is 65.7 Å². The summed E-state index contributed by atoms with van der Waals surface area (Å²) in [5.41, 5.74) is 8.54. The summed E-state index contributed by atoms with van der Waals surface area (Å²) < 4.78 is 12.4. The van der Waals surface area contributed by atoms with Crippen molar-refractivity contribution >= 4 is 40.1 Å². The minimum Gasteiger partial charge on any atom is -0.486 e. The van der Waals surface area contributed by atoms with E-state index in [1.54, 1.807) is 24.3 Å². The number of nitrogens with two attached hydrogens (primary N) is 1. The Labute approximate surface area is 224 Å². The van der Waals surface area contributed by atoms with E-state index in [1.165, 1.54) is 0 Å². The highest BCUT2D eigenvalue weighted by molar-refractivity contribution is 6.37. The molecule has 0 saturated carbocycles. The number of aliphatic carboxylic acids is 1. The first kappa shape index (κ1) is 26.7. The van der Waals surface area contributed by atoms with E-state index in [2.05, 4.69) is 0 Å². The van der Waals surface area contributed by atoms with Gasteiger partial charge in [0.1, 0.15) is 24.0 Å². The maximum Gasteiger partial charge on any atom is 0.320 e. The molecule has 0 aliphatic carbocycles. The van der Waals surface area contributed by atoms with Crippen LogP contribution in [0.5, 0.6) is 5.75 Å². The first-order chi connectivity index (χ1) is 17.7. The van der Waals surface area contributed by atoms with Gasteiger partial charge in [0.05, 0.1) is 21.0 Å². The Bertz CT molecular complexity index is 1480. The largest absolute Gasteiger partial charge is 0.486 e. The summed E-state index contributed by atoms with van der Waals surface area (Å²) in [6, 6.07) is 16.9. The molecule has 0 amide bonds. The van der Waals surface area contributed by atoms with Gasteiger partial charge in [0, 0.05) is 17.7 Å². The summed E-state index contributed by atoms with van der Waals surface area (Å²) in [5, 5.41) is 9.95. The number of carboxylic acid groups (broad SMARTS) is 1. The number of fused-ring (bicyclic) bond motifs is 1. The van der Waals surface area contributed by atoms with Crippen molar-refractivity contribution in [3.63, 3.8) is 0 Å². The average Bonchev–Trinajstić information content (AvgIpc) is 2.85. The van der Waals surface area contributed by atoms with Crippen LogP contribution in [0.1, 0.15) is 16.7 Å². The summed E-state index contributed by atoms with van der Waals surface area (Å²) in [7, 11) is 3.80. The highest BCUT2D eigenvalue weighted by Crippen LogP contribution is 2.36. The minimum absolute atomic E-state index is 0.0367. The van der Waals surface area contributed by atoms with Crippen LogP contribution >= 0.6 is 23.2 Å². The zero-order valence-corrected chi connectivity index (χ0v) is 21.8. The van der Waals surface area contributed by atoms with Gasteiger partial charge < -0.3 is 24.9 Å². The van der Waals surface area contributed by atoms with Crippen LogP contribution in [-0.2, 0) is 24.4 Å². The number of halogens is 2. The van der Waals surface area contributed by atoms with Crippen LogP contribution in [0.2, 0.25) is 10.0 Å². The van der Waals surface area contributed by atoms with Crippen molar-refractivity contribution in [2.75, 3.05) is 14.1 Å². The second-order valence-electron chi connectivity index (χ2n) is 8.96. The number of nitrogens with zero attached hydrogens (tertiary/aromatic N) is 1. The van der Waals surface area contributed by atoms with Crippen molar-refractivity contribution in [1.82, 2.24) is 4.90 Å². The molecule has 0 spiro atoms. The summed E-state index contributed by atoms with van der Waals surface area (Å²) in [6.07, 6.45) is 0.0705. The van der Waals surface area contributed by atoms with Crippen LogP contribution in [0.25, 0.3) is 22.3 Å². The Balaban J connectivity index is 1.72. The predicted octanol–water partition coefficient (Wildman–Crippen LogP) is 5.36. The molecule has 0 fully saturated rings. The number of hydrogen-bond acceptors (Lipinski definition) is 6. The molecule has 1 heterocycles. The molecule has 192 valence electrons. The van der Waals surface area contributed by atoms with Gasteiger partial charge in [0.15, 0.2) is 11.2 Å². The molecule has 0 bridgehead atoms. The SMILES string of the molecule is CN(C)Cc1c(-c2ccccc2)oc2c(COc3c(Cl)cc(CC(N)C(=O)O)cc3Cl)cccc2c1=O. The average molecular weight is 541 g/mol. The van der Waals surface area contributed by atoms with Gasteiger partial charge in [0.25, 0.3) is 0 Å². The molecule has 0 saturated heterocycles. The molecule has 3 aromatic carbocycles. The van der Waals surface area contributed by atoms with Crippen LogP contribution < -0.4 is 15.9 Å². The first-order valence-electron chi connectivity index (χ1n) is 11.5. The second kappa shape index (κ2) is 11.4. The van der Waals surface area contributed by atoms with E-state index in [0.717, 1.165) is 5.56 Å². The molecular weight excluding hydrogens is 515 g/mol. The normalized spacial score (nSPS) is 12.2. The maximum absolute atomic E-state index is 13.5. The smallest absolute Gasteiger partial charge is 0.320 e. The number of rotatable bonds is 9. The van der Waals surface area contributed by atoms with Crippen LogP contribution in [0, 0.1) is 0 Å². The minimum atomic E-state index is -1.12. The lowest BCUT2D eigenvalue weighted by Gasteiger charge is -2.16. The van der Waals surface area contributed by atoms with E-state index in [1.807, 2.05) is 55.4 Å². The van der Waals surface area contributed by atoms with Crippen molar-refractivity contribution in [2.24, 2.45) is 5.73 Å². The van der Waals surface area contributed by atoms with Crippen LogP contribution in [0.15, 0.2) is 69.9 Å². The molecule has 3 N–H and O–H groups in total. The quantitative estimate of drug-likeness (QED) is 0.294. The number of carboxylic acids is 1. The fourth-order valence-corrected chi connectivity index (χ4v) is 4.71. The molecular formula is C28H26Cl2N2O5. The third kappa shape index (κ3) is 5.97. The van der Waals surface area contributed by atoms with Gasteiger partial charge in [-0.05, 0) is 44.3 Å². The van der Waals surface area contributed by atoms with Crippen LogP contribution in [0.4, 0.5) is 0 Å². The van der Waals surface area contributed by atoms with Gasteiger partial charge in [-0.3, -0.25) is 9.59 Å². The van der Waals surface area contributed by atoms with E-state index in [-0.39, 0.29) is 34.3 Å². The summed E-state index contributed by atoms with van der Waals surface area (Å²) >= 11 is 12.8. The molecule has 9 heteroatoms. The van der Waals surface area contributed by atoms with E-state index in [4.69, 9.17) is 43.2 Å². The highest BCUT2D eigenvalue weighted by atomic mass is 35.5. The first-order valence-corrected chi connectivity index (χ1v) is 12.3. The number of benzene rings is 3. The van der Waals surface area contributed by atoms with E-state index < -0.39 is 12.0 Å². The predicted molar refractivity (Wildman–Crippen MR) is 145 cm³/mol. The monoisotopic (exact) mass is 540 g/mol. The highest BCUT2D eigenvalue weighted by Gasteiger charge is 2.20. The number of carbonyl (C=O) groups is 1. The van der Waals surface area contributed by atoms with Gasteiger partial charge >= 0.3 is 5.97 Å². The van der Waals surface area contributed by atoms with E-state index in [0.29, 0.717) is 40.0 Å². The van der Waals surface area contributed by atoms with E-state index >= 15 is 0 Å². The Kier molecular flexibility index (Phi) is 8.19. The standard InChI is InChI=1S/C28H26Cl2N2O5/c1-32(2)14-20-24(33)19-10-6-9-18(26(19)37-25(20)17-7-4-3-5-8-17)15-36-27-21(29)11-16(12-22(27)30)13-23(31)28(34)35/h3-12,23H,13-15,31H2,1-2H3,(H,34,35). The van der Waals surface area contributed by atoms with E-state index in [9.17, 15) is 9.59 Å². The second-order valence-corrected chi connectivity index (χ2v) is 9.78. The van der Waals surface area contributed by atoms with Crippen molar-refractivity contribution in [3.8, 4) is 17.1 Å². The van der Waals surface area contributed by atoms with Crippen molar-refractivity contribution in [1.29, 1.82) is 0 Å². The fraction of sp³-hybridized carbons (Fsp3) is 0.214. The number of para-hydroxylation sites is 1. The van der Waals surface area contributed by atoms with Gasteiger partial charge in [0.2, 0.25) is 0 Å². The van der Waals surface area contributed by atoms with Crippen molar-refractivity contribution in [3.05, 3.63) is 97.6 Å². The summed E-state index contributed by atoms with van der Waals surface area (Å²) in [6.45, 7) is 0.460. The number of hydrogen-bond donors (Lipinski definition) is 2. The Morgan fingerprint density at radius 1 is 1.08 bits per heavy atom. The Morgan fingerprint density at radius 2 is 1.76 bits per heavy atom. The molecule has 0 radical (unpaired) electrons. The third-order valence-electron chi connectivity index (χ3n) is 5.81. The zero-order chi connectivity index (χ0) is 26.7. The maximum atomic E-state index is 13.5. The van der Waals surface area contributed by atoms with Crippen LogP contribution in [-0.4, -0.2) is 36.1 Å². The van der Waals surface area contributed by atoms with Gasteiger partial charge in [-0.2, -0.15) is 0 Å². The summed E-state index contributed by atoms with van der Waals surface area (Å²) in [5.74, 6) is -0.370. The Morgan fingerprint density at radius 3 is 2.38 bits per heavy atom. The van der Waals surface area contributed by atoms with Crippen LogP contribution in [0.3, 0.4) is 0 Å². The van der Waals surface area contributed by atoms with Crippen molar-refractivity contribution < 1.29 is 19.1 Å². The third-order valence-corrected chi connectivity index (χ3v) is 6.37. The molecule has 0 aliphatic rings. The van der Waals surface area contributed by atoms with Gasteiger partial charge in [-0.25, -0.2) is 0 Å². The molecule has 1 unspecified atom stereocenters. The fourth-order valence-electron chi connectivity index (χ4n) is 4.07. The van der Waals surface area contributed by atoms with Crippen molar-refractivity contribution in [2.45, 2.75) is 25.6 Å².